The highest BCUT2D eigenvalue weighted by atomic mass is 32.1. The van der Waals surface area contributed by atoms with Crippen molar-refractivity contribution in [3.63, 3.8) is 0 Å². The third-order valence-corrected chi connectivity index (χ3v) is 4.14. The van der Waals surface area contributed by atoms with E-state index in [1.54, 1.807) is 17.6 Å². The van der Waals surface area contributed by atoms with Gasteiger partial charge in [0.15, 0.2) is 0 Å². The van der Waals surface area contributed by atoms with Gasteiger partial charge in [0.2, 0.25) is 5.95 Å². The van der Waals surface area contributed by atoms with Crippen molar-refractivity contribution in [3.8, 4) is 0 Å². The molecule has 0 spiro atoms. The molecule has 3 heterocycles. The first-order valence-electron chi connectivity index (χ1n) is 6.98. The van der Waals surface area contributed by atoms with Crippen molar-refractivity contribution in [3.05, 3.63) is 35.6 Å². The number of fused-ring (bicyclic) bond motifs is 1. The zero-order valence-electron chi connectivity index (χ0n) is 12.1. The molecule has 1 unspecified atom stereocenters. The Kier molecular flexibility index (Phi) is 4.06. The van der Waals surface area contributed by atoms with Crippen molar-refractivity contribution in [2.24, 2.45) is 0 Å². The van der Waals surface area contributed by atoms with Crippen LogP contribution in [0.15, 0.2) is 34.3 Å². The van der Waals surface area contributed by atoms with Crippen molar-refractivity contribution in [2.45, 2.75) is 25.8 Å². The number of furan rings is 1. The maximum absolute atomic E-state index is 5.37. The summed E-state index contributed by atoms with van der Waals surface area (Å²) in [5.41, 5.74) is 0. The van der Waals surface area contributed by atoms with Crippen LogP contribution in [0.2, 0.25) is 0 Å². The second-order valence-corrected chi connectivity index (χ2v) is 5.84. The molecule has 5 nitrogen and oxygen atoms in total. The maximum atomic E-state index is 5.37. The number of nitrogens with zero attached hydrogens (tertiary/aromatic N) is 2. The van der Waals surface area contributed by atoms with Crippen LogP contribution in [0, 0.1) is 0 Å². The Morgan fingerprint density at radius 1 is 1.33 bits per heavy atom. The monoisotopic (exact) mass is 302 g/mol. The average Bonchev–Trinajstić information content (AvgIpc) is 3.16. The summed E-state index contributed by atoms with van der Waals surface area (Å²) in [6.07, 6.45) is 3.61. The number of anilines is 2. The summed E-state index contributed by atoms with van der Waals surface area (Å²) in [5.74, 6) is 2.55. The Hall–Kier alpha value is -2.08. The molecule has 0 aliphatic rings. The molecule has 6 heteroatoms. The van der Waals surface area contributed by atoms with Crippen LogP contribution in [-0.2, 0) is 6.42 Å². The van der Waals surface area contributed by atoms with E-state index >= 15 is 0 Å². The topological polar surface area (TPSA) is 63.0 Å². The van der Waals surface area contributed by atoms with E-state index in [9.17, 15) is 0 Å². The van der Waals surface area contributed by atoms with Crippen LogP contribution in [-0.4, -0.2) is 23.1 Å². The summed E-state index contributed by atoms with van der Waals surface area (Å²) < 4.78 is 5.37. The van der Waals surface area contributed by atoms with Gasteiger partial charge in [-0.15, -0.1) is 11.3 Å². The van der Waals surface area contributed by atoms with E-state index < -0.39 is 0 Å². The van der Waals surface area contributed by atoms with Gasteiger partial charge in [-0.3, -0.25) is 0 Å². The van der Waals surface area contributed by atoms with E-state index in [2.05, 4.69) is 33.6 Å². The van der Waals surface area contributed by atoms with Crippen molar-refractivity contribution < 1.29 is 4.42 Å². The summed E-state index contributed by atoms with van der Waals surface area (Å²) in [4.78, 5) is 9.97. The Labute approximate surface area is 127 Å². The fraction of sp³-hybridized carbons (Fsp3) is 0.333. The van der Waals surface area contributed by atoms with E-state index in [0.29, 0.717) is 12.0 Å². The molecule has 3 rings (SSSR count). The van der Waals surface area contributed by atoms with Crippen molar-refractivity contribution in [2.75, 3.05) is 17.7 Å². The molecule has 0 aliphatic heterocycles. The van der Waals surface area contributed by atoms with Crippen molar-refractivity contribution in [1.82, 2.24) is 9.97 Å². The minimum absolute atomic E-state index is 0.304. The van der Waals surface area contributed by atoms with Crippen LogP contribution in [0.5, 0.6) is 0 Å². The SMILES string of the molecule is CNc1nc(NC(C)CCc2ccco2)c2ccsc2n1. The van der Waals surface area contributed by atoms with Gasteiger partial charge in [0.05, 0.1) is 11.6 Å². The maximum Gasteiger partial charge on any atom is 0.225 e. The van der Waals surface area contributed by atoms with E-state index in [-0.39, 0.29) is 0 Å². The lowest BCUT2D eigenvalue weighted by Gasteiger charge is -2.15. The largest absolute Gasteiger partial charge is 0.469 e. The Bertz CT molecular complexity index is 708. The molecule has 0 amide bonds. The Morgan fingerprint density at radius 3 is 3.00 bits per heavy atom. The van der Waals surface area contributed by atoms with Gasteiger partial charge in [-0.25, -0.2) is 4.98 Å². The lowest BCUT2D eigenvalue weighted by molar-refractivity contribution is 0.495. The molecule has 1 atom stereocenters. The molecular formula is C15H18N4OS. The zero-order valence-corrected chi connectivity index (χ0v) is 12.9. The van der Waals surface area contributed by atoms with E-state index in [1.165, 1.54) is 0 Å². The lowest BCUT2D eigenvalue weighted by atomic mass is 10.1. The van der Waals surface area contributed by atoms with Crippen molar-refractivity contribution >= 4 is 33.3 Å². The molecule has 3 aromatic heterocycles. The molecule has 21 heavy (non-hydrogen) atoms. The molecule has 0 saturated carbocycles. The number of nitrogens with one attached hydrogen (secondary N) is 2. The molecule has 110 valence electrons. The molecule has 0 fully saturated rings. The van der Waals surface area contributed by atoms with Crippen LogP contribution in [0.4, 0.5) is 11.8 Å². The molecule has 3 aromatic rings. The number of thiophene rings is 1. The highest BCUT2D eigenvalue weighted by Gasteiger charge is 2.11. The van der Waals surface area contributed by atoms with Gasteiger partial charge < -0.3 is 15.1 Å². The molecule has 0 saturated heterocycles. The minimum atomic E-state index is 0.304. The van der Waals surface area contributed by atoms with Gasteiger partial charge in [0.1, 0.15) is 16.4 Å². The highest BCUT2D eigenvalue weighted by molar-refractivity contribution is 7.16. The minimum Gasteiger partial charge on any atom is -0.469 e. The summed E-state index contributed by atoms with van der Waals surface area (Å²) in [7, 11) is 1.83. The number of hydrogen-bond acceptors (Lipinski definition) is 6. The number of rotatable bonds is 6. The Morgan fingerprint density at radius 2 is 2.24 bits per heavy atom. The first kappa shape index (κ1) is 13.9. The average molecular weight is 302 g/mol. The van der Waals surface area contributed by atoms with Gasteiger partial charge >= 0.3 is 0 Å². The third-order valence-electron chi connectivity index (χ3n) is 3.34. The van der Waals surface area contributed by atoms with Crippen molar-refractivity contribution in [1.29, 1.82) is 0 Å². The standard InChI is InChI=1S/C15H18N4OS/c1-10(5-6-11-4-3-8-20-11)17-13-12-7-9-21-14(12)19-15(16-2)18-13/h3-4,7-10H,5-6H2,1-2H3,(H2,16,17,18,19). The number of aromatic nitrogens is 2. The second-order valence-electron chi connectivity index (χ2n) is 4.95. The highest BCUT2D eigenvalue weighted by Crippen LogP contribution is 2.27. The Balaban J connectivity index is 1.72. The summed E-state index contributed by atoms with van der Waals surface area (Å²) >= 11 is 1.62. The molecule has 0 aromatic carbocycles. The van der Waals surface area contributed by atoms with Crippen LogP contribution >= 0.6 is 11.3 Å². The van der Waals surface area contributed by atoms with Crippen LogP contribution in [0.3, 0.4) is 0 Å². The van der Waals surface area contributed by atoms with Gasteiger partial charge in [0, 0.05) is 19.5 Å². The smallest absolute Gasteiger partial charge is 0.225 e. The lowest BCUT2D eigenvalue weighted by Crippen LogP contribution is -2.17. The number of hydrogen-bond donors (Lipinski definition) is 2. The van der Waals surface area contributed by atoms with Gasteiger partial charge in [-0.1, -0.05) is 0 Å². The van der Waals surface area contributed by atoms with Crippen LogP contribution in [0.1, 0.15) is 19.1 Å². The second kappa shape index (κ2) is 6.13. The van der Waals surface area contributed by atoms with E-state index in [4.69, 9.17) is 4.42 Å². The van der Waals surface area contributed by atoms with Crippen LogP contribution < -0.4 is 10.6 Å². The first-order valence-corrected chi connectivity index (χ1v) is 7.86. The quantitative estimate of drug-likeness (QED) is 0.726. The van der Waals surface area contributed by atoms with Gasteiger partial charge in [0.25, 0.3) is 0 Å². The summed E-state index contributed by atoms with van der Waals surface area (Å²) in [6, 6.07) is 6.29. The zero-order chi connectivity index (χ0) is 14.7. The fourth-order valence-corrected chi connectivity index (χ4v) is 2.96. The predicted octanol–water partition coefficient (Wildman–Crippen LogP) is 3.76. The number of aryl methyl sites for hydroxylation is 1. The van der Waals surface area contributed by atoms with E-state index in [0.717, 1.165) is 34.6 Å². The van der Waals surface area contributed by atoms with Crippen LogP contribution in [0.25, 0.3) is 10.2 Å². The predicted molar refractivity (Wildman–Crippen MR) is 87.1 cm³/mol. The molecule has 0 radical (unpaired) electrons. The third kappa shape index (κ3) is 3.16. The van der Waals surface area contributed by atoms with Gasteiger partial charge in [-0.2, -0.15) is 4.98 Å². The van der Waals surface area contributed by atoms with Gasteiger partial charge in [-0.05, 0) is 36.9 Å². The molecule has 0 aliphatic carbocycles. The summed E-state index contributed by atoms with van der Waals surface area (Å²) in [5, 5.41) is 9.60. The fourth-order valence-electron chi connectivity index (χ4n) is 2.20. The molecular weight excluding hydrogens is 284 g/mol. The first-order chi connectivity index (χ1) is 10.3. The summed E-state index contributed by atoms with van der Waals surface area (Å²) in [6.45, 7) is 2.16. The van der Waals surface area contributed by atoms with E-state index in [1.807, 2.05) is 24.6 Å². The molecule has 2 N–H and O–H groups in total. The normalized spacial score (nSPS) is 12.5. The molecule has 0 bridgehead atoms.